The Kier molecular flexibility index (Phi) is 3.14. The van der Waals surface area contributed by atoms with Crippen molar-refractivity contribution in [2.24, 2.45) is 10.8 Å². The predicted octanol–water partition coefficient (Wildman–Crippen LogP) is 4.27. The number of Topliss-reactive ketones (excluding diaryl/α,β-unsaturated/α-hetero) is 2. The van der Waals surface area contributed by atoms with Crippen LogP contribution in [0.15, 0.2) is 36.9 Å². The summed E-state index contributed by atoms with van der Waals surface area (Å²) in [6, 6.07) is 0. The van der Waals surface area contributed by atoms with Gasteiger partial charge < -0.3 is 9.13 Å². The van der Waals surface area contributed by atoms with Crippen LogP contribution in [0.25, 0.3) is 12.2 Å². The van der Waals surface area contributed by atoms with Crippen molar-refractivity contribution in [1.82, 2.24) is 9.13 Å². The predicted molar refractivity (Wildman–Crippen MR) is 98.6 cm³/mol. The molecule has 2 aromatic rings. The van der Waals surface area contributed by atoms with Gasteiger partial charge in [0.25, 0.3) is 0 Å². The quantitative estimate of drug-likeness (QED) is 0.823. The van der Waals surface area contributed by atoms with Gasteiger partial charge >= 0.3 is 0 Å². The first-order valence-corrected chi connectivity index (χ1v) is 8.55. The molecule has 0 N–H and O–H groups in total. The number of carbonyl (C=O) groups is 2. The van der Waals surface area contributed by atoms with Gasteiger partial charge in [-0.3, -0.25) is 9.59 Å². The van der Waals surface area contributed by atoms with E-state index in [0.717, 1.165) is 22.3 Å². The molecule has 0 saturated carbocycles. The summed E-state index contributed by atoms with van der Waals surface area (Å²) in [5, 5.41) is 0. The topological polar surface area (TPSA) is 44.0 Å². The number of allylic oxidation sites excluding steroid dienone is 2. The summed E-state index contributed by atoms with van der Waals surface area (Å²) in [5.41, 5.74) is 2.54. The molecule has 0 spiro atoms. The molecule has 0 fully saturated rings. The van der Waals surface area contributed by atoms with Crippen molar-refractivity contribution in [3.05, 3.63) is 59.2 Å². The number of aromatic nitrogens is 2. The Balaban J connectivity index is 1.64. The maximum atomic E-state index is 12.6. The van der Waals surface area contributed by atoms with Crippen LogP contribution in [0.3, 0.4) is 0 Å². The van der Waals surface area contributed by atoms with Gasteiger partial charge in [-0.05, 0) is 27.7 Å². The van der Waals surface area contributed by atoms with Crippen LogP contribution in [-0.2, 0) is 6.67 Å². The third-order valence-electron chi connectivity index (χ3n) is 5.17. The van der Waals surface area contributed by atoms with E-state index in [1.807, 2.05) is 85.9 Å². The highest BCUT2D eigenvalue weighted by Gasteiger charge is 2.32. The minimum atomic E-state index is -0.450. The fourth-order valence-corrected chi connectivity index (χ4v) is 3.49. The summed E-state index contributed by atoms with van der Waals surface area (Å²) in [5.74, 6) is 0.297. The van der Waals surface area contributed by atoms with Crippen LogP contribution in [0.5, 0.6) is 0 Å². The van der Waals surface area contributed by atoms with Crippen LogP contribution < -0.4 is 0 Å². The second kappa shape index (κ2) is 4.94. The molecule has 0 aliphatic heterocycles. The Morgan fingerprint density at radius 2 is 1.12 bits per heavy atom. The molecule has 0 unspecified atom stereocenters. The lowest BCUT2D eigenvalue weighted by Gasteiger charge is -2.21. The van der Waals surface area contributed by atoms with Crippen molar-refractivity contribution in [3.63, 3.8) is 0 Å². The first-order chi connectivity index (χ1) is 11.7. The lowest BCUT2D eigenvalue weighted by Crippen LogP contribution is -2.24. The number of carbonyl (C=O) groups excluding carboxylic acids is 2. The number of hydrogen-bond donors (Lipinski definition) is 0. The molecule has 0 saturated heterocycles. The van der Waals surface area contributed by atoms with E-state index >= 15 is 0 Å². The van der Waals surface area contributed by atoms with E-state index < -0.39 is 10.8 Å². The normalized spacial score (nSPS) is 19.8. The fraction of sp³-hybridized carbons (Fsp3) is 0.333. The van der Waals surface area contributed by atoms with Crippen molar-refractivity contribution < 1.29 is 9.59 Å². The highest BCUT2D eigenvalue weighted by atomic mass is 16.1. The van der Waals surface area contributed by atoms with Gasteiger partial charge in [0, 0.05) is 57.9 Å². The summed E-state index contributed by atoms with van der Waals surface area (Å²) in [7, 11) is 0. The molecular weight excluding hydrogens is 312 g/mol. The van der Waals surface area contributed by atoms with Gasteiger partial charge in [-0.2, -0.15) is 0 Å². The van der Waals surface area contributed by atoms with Gasteiger partial charge in [0.1, 0.15) is 0 Å². The zero-order valence-corrected chi connectivity index (χ0v) is 15.0. The number of nitrogens with zero attached hydrogens (tertiary/aromatic N) is 2. The van der Waals surface area contributed by atoms with E-state index in [1.165, 1.54) is 0 Å². The van der Waals surface area contributed by atoms with Crippen LogP contribution >= 0.6 is 0 Å². The summed E-state index contributed by atoms with van der Waals surface area (Å²) in [6.45, 7) is 8.32. The molecule has 0 bridgehead atoms. The number of rotatable bonds is 2. The summed E-state index contributed by atoms with van der Waals surface area (Å²) in [4.78, 5) is 25.1. The van der Waals surface area contributed by atoms with Gasteiger partial charge in [0.15, 0.2) is 11.6 Å². The molecular formula is C21H22N2O2. The number of ketones is 2. The second-order valence-corrected chi connectivity index (χ2v) is 8.19. The monoisotopic (exact) mass is 334 g/mol. The van der Waals surface area contributed by atoms with Crippen LogP contribution in [0.4, 0.5) is 0 Å². The van der Waals surface area contributed by atoms with Gasteiger partial charge in [-0.15, -0.1) is 0 Å². The molecule has 4 nitrogen and oxygen atoms in total. The van der Waals surface area contributed by atoms with E-state index in [0.29, 0.717) is 6.67 Å². The third-order valence-corrected chi connectivity index (χ3v) is 5.17. The van der Waals surface area contributed by atoms with Crippen molar-refractivity contribution in [3.8, 4) is 0 Å². The zero-order chi connectivity index (χ0) is 18.0. The lowest BCUT2D eigenvalue weighted by molar-refractivity contribution is 0.0877. The molecule has 128 valence electrons. The number of hydrogen-bond acceptors (Lipinski definition) is 2. The molecule has 0 radical (unpaired) electrons. The molecule has 0 amide bonds. The van der Waals surface area contributed by atoms with Gasteiger partial charge in [-0.1, -0.05) is 24.3 Å². The number of fused-ring (bicyclic) bond motifs is 2. The van der Waals surface area contributed by atoms with E-state index in [-0.39, 0.29) is 11.6 Å². The van der Waals surface area contributed by atoms with Crippen LogP contribution in [0, 0.1) is 10.8 Å². The van der Waals surface area contributed by atoms with Gasteiger partial charge in [0.2, 0.25) is 0 Å². The van der Waals surface area contributed by atoms with E-state index in [2.05, 4.69) is 0 Å². The minimum absolute atomic E-state index is 0.149. The average Bonchev–Trinajstić information content (AvgIpc) is 3.12. The maximum absolute atomic E-state index is 12.6. The van der Waals surface area contributed by atoms with E-state index in [4.69, 9.17) is 0 Å². The smallest absolute Gasteiger partial charge is 0.174 e. The SMILES string of the molecule is CC1(C)C=Cc2cn(Cn3cc4c(c3)C(=O)C(C)(C)C=C4)cc2C1=O. The first kappa shape index (κ1) is 15.9. The van der Waals surface area contributed by atoms with Crippen LogP contribution in [0.2, 0.25) is 0 Å². The maximum Gasteiger partial charge on any atom is 0.174 e. The Hall–Kier alpha value is -2.62. The van der Waals surface area contributed by atoms with Gasteiger partial charge in [0.05, 0.1) is 6.67 Å². The second-order valence-electron chi connectivity index (χ2n) is 8.19. The van der Waals surface area contributed by atoms with E-state index in [1.54, 1.807) is 0 Å². The summed E-state index contributed by atoms with van der Waals surface area (Å²) < 4.78 is 4.00. The standard InChI is InChI=1S/C21H22N2O2/c1-20(2)7-5-14-9-22(11-16(14)18(20)24)13-23-10-15-6-8-21(3,4)19(25)17(15)12-23/h5-12H,13H2,1-4H3. The van der Waals surface area contributed by atoms with Crippen molar-refractivity contribution >= 4 is 23.7 Å². The minimum Gasteiger partial charge on any atom is -0.335 e. The van der Waals surface area contributed by atoms with Crippen molar-refractivity contribution in [1.29, 1.82) is 0 Å². The highest BCUT2D eigenvalue weighted by Crippen LogP contribution is 2.33. The molecule has 2 aromatic heterocycles. The molecule has 0 atom stereocenters. The Morgan fingerprint density at radius 3 is 1.52 bits per heavy atom. The highest BCUT2D eigenvalue weighted by molar-refractivity contribution is 6.07. The first-order valence-electron chi connectivity index (χ1n) is 8.55. The third kappa shape index (κ3) is 2.44. The van der Waals surface area contributed by atoms with E-state index in [9.17, 15) is 9.59 Å². The molecule has 0 aromatic carbocycles. The van der Waals surface area contributed by atoms with Crippen LogP contribution in [0.1, 0.15) is 59.5 Å². The Bertz CT molecular complexity index is 886. The summed E-state index contributed by atoms with van der Waals surface area (Å²) >= 11 is 0. The Labute approximate surface area is 147 Å². The van der Waals surface area contributed by atoms with Gasteiger partial charge in [-0.25, -0.2) is 0 Å². The van der Waals surface area contributed by atoms with Crippen molar-refractivity contribution in [2.75, 3.05) is 0 Å². The molecule has 25 heavy (non-hydrogen) atoms. The summed E-state index contributed by atoms with van der Waals surface area (Å²) in [6.07, 6.45) is 15.7. The van der Waals surface area contributed by atoms with Crippen LogP contribution in [-0.4, -0.2) is 20.7 Å². The molecule has 2 aliphatic carbocycles. The molecule has 2 aliphatic rings. The molecule has 4 rings (SSSR count). The molecule has 4 heteroatoms. The Morgan fingerprint density at radius 1 is 0.720 bits per heavy atom. The average molecular weight is 334 g/mol. The fourth-order valence-electron chi connectivity index (χ4n) is 3.49. The largest absolute Gasteiger partial charge is 0.335 e. The van der Waals surface area contributed by atoms with Crippen molar-refractivity contribution in [2.45, 2.75) is 34.4 Å². The molecule has 2 heterocycles. The zero-order valence-electron chi connectivity index (χ0n) is 15.0. The lowest BCUT2D eigenvalue weighted by atomic mass is 9.80.